The zero-order valence-corrected chi connectivity index (χ0v) is 14.0. The second-order valence-corrected chi connectivity index (χ2v) is 7.11. The highest BCUT2D eigenvalue weighted by atomic mass is 32.1. The van der Waals surface area contributed by atoms with Crippen LogP contribution in [0.4, 0.5) is 13.2 Å². The molecular weight excluding hydrogens is 357 g/mol. The molecule has 2 aromatic rings. The summed E-state index contributed by atoms with van der Waals surface area (Å²) in [5, 5.41) is 8.20. The van der Waals surface area contributed by atoms with Gasteiger partial charge in [-0.25, -0.2) is 9.67 Å². The molecule has 10 heteroatoms. The quantitative estimate of drug-likeness (QED) is 0.899. The van der Waals surface area contributed by atoms with E-state index in [2.05, 4.69) is 15.4 Å². The van der Waals surface area contributed by atoms with Crippen molar-refractivity contribution in [3.8, 4) is 5.13 Å². The lowest BCUT2D eigenvalue weighted by Gasteiger charge is -2.39. The maximum atomic E-state index is 13.1. The Hall–Kier alpha value is -1.94. The molecule has 2 aliphatic rings. The molecule has 4 rings (SSSR count). The molecule has 2 aromatic heterocycles. The molecule has 0 radical (unpaired) electrons. The van der Waals surface area contributed by atoms with Gasteiger partial charge in [0.1, 0.15) is 5.69 Å². The van der Waals surface area contributed by atoms with Crippen LogP contribution in [-0.4, -0.2) is 39.4 Å². The number of aromatic nitrogens is 3. The van der Waals surface area contributed by atoms with E-state index in [1.165, 1.54) is 12.3 Å². The molecule has 1 aliphatic heterocycles. The summed E-state index contributed by atoms with van der Waals surface area (Å²) in [5.74, 6) is -0.0528. The van der Waals surface area contributed by atoms with Gasteiger partial charge in [-0.15, -0.1) is 11.3 Å². The third-order valence-electron chi connectivity index (χ3n) is 4.61. The smallest absolute Gasteiger partial charge is 0.378 e. The number of fused-ring (bicyclic) bond motifs is 1. The Morgan fingerprint density at radius 1 is 1.48 bits per heavy atom. The largest absolute Gasteiger partial charge is 0.433 e. The Morgan fingerprint density at radius 3 is 3.00 bits per heavy atom. The average molecular weight is 372 g/mol. The summed E-state index contributed by atoms with van der Waals surface area (Å²) in [5.41, 5.74) is -0.574. The van der Waals surface area contributed by atoms with E-state index in [0.29, 0.717) is 12.5 Å². The van der Waals surface area contributed by atoms with Crippen molar-refractivity contribution < 1.29 is 22.7 Å². The Morgan fingerprint density at radius 2 is 2.28 bits per heavy atom. The molecule has 0 aromatic carbocycles. The van der Waals surface area contributed by atoms with Gasteiger partial charge in [-0.05, 0) is 25.8 Å². The van der Waals surface area contributed by atoms with Crippen molar-refractivity contribution in [2.24, 2.45) is 5.92 Å². The van der Waals surface area contributed by atoms with Crippen molar-refractivity contribution in [3.05, 3.63) is 28.5 Å². The number of ether oxygens (including phenoxy) is 1. The highest BCUT2D eigenvalue weighted by molar-refractivity contribution is 7.12. The van der Waals surface area contributed by atoms with E-state index in [0.717, 1.165) is 34.9 Å². The second kappa shape index (κ2) is 5.80. The van der Waals surface area contributed by atoms with Crippen LogP contribution in [-0.2, 0) is 10.9 Å². The van der Waals surface area contributed by atoms with Gasteiger partial charge in [-0.3, -0.25) is 4.79 Å². The lowest BCUT2D eigenvalue weighted by atomic mass is 9.76. The predicted octanol–water partition coefficient (Wildman–Crippen LogP) is 2.56. The molecule has 134 valence electrons. The van der Waals surface area contributed by atoms with Crippen molar-refractivity contribution >= 4 is 17.2 Å². The number of nitrogens with zero attached hydrogens (tertiary/aromatic N) is 3. The molecule has 1 amide bonds. The second-order valence-electron chi connectivity index (χ2n) is 6.27. The number of carbonyl (C=O) groups is 1. The Labute approximate surface area is 145 Å². The van der Waals surface area contributed by atoms with Crippen LogP contribution >= 0.6 is 11.3 Å². The van der Waals surface area contributed by atoms with Gasteiger partial charge in [0.2, 0.25) is 5.13 Å². The van der Waals surface area contributed by atoms with Crippen LogP contribution in [0.1, 0.15) is 34.7 Å². The molecule has 1 aliphatic carbocycles. The lowest BCUT2D eigenvalue weighted by molar-refractivity contribution is -0.142. The standard InChI is InChI=1S/C15H15F3N4O2S/c1-7-4-12(15(16,17)18)22(21-7)14-20-10(6-25-14)13(23)19-9-5-11-8(9)2-3-24-11/h4,6,8-9,11H,2-3,5H2,1H3,(H,19,23)/t8-,9-,11+/m1/s1. The minimum absolute atomic E-state index is 0.0151. The van der Waals surface area contributed by atoms with Crippen LogP contribution in [0.25, 0.3) is 5.13 Å². The molecule has 0 bridgehead atoms. The van der Waals surface area contributed by atoms with Gasteiger partial charge in [0.05, 0.1) is 11.8 Å². The van der Waals surface area contributed by atoms with Gasteiger partial charge in [0, 0.05) is 23.9 Å². The maximum Gasteiger partial charge on any atom is 0.433 e. The summed E-state index contributed by atoms with van der Waals surface area (Å²) in [6, 6.07) is 0.998. The van der Waals surface area contributed by atoms with Gasteiger partial charge in [0.25, 0.3) is 5.91 Å². The van der Waals surface area contributed by atoms with E-state index >= 15 is 0 Å². The molecule has 3 heterocycles. The van der Waals surface area contributed by atoms with E-state index in [1.54, 1.807) is 0 Å². The van der Waals surface area contributed by atoms with Crippen LogP contribution in [0.5, 0.6) is 0 Å². The molecule has 1 N–H and O–H groups in total. The molecule has 1 saturated carbocycles. The van der Waals surface area contributed by atoms with Gasteiger partial charge in [-0.2, -0.15) is 18.3 Å². The number of nitrogens with one attached hydrogen (secondary N) is 1. The fraction of sp³-hybridized carbons (Fsp3) is 0.533. The molecule has 1 saturated heterocycles. The molecule has 6 nitrogen and oxygen atoms in total. The predicted molar refractivity (Wildman–Crippen MR) is 82.7 cm³/mol. The van der Waals surface area contributed by atoms with Crippen molar-refractivity contribution in [1.82, 2.24) is 20.1 Å². The first-order valence-electron chi connectivity index (χ1n) is 7.85. The first-order valence-corrected chi connectivity index (χ1v) is 8.73. The monoisotopic (exact) mass is 372 g/mol. The van der Waals surface area contributed by atoms with Gasteiger partial charge in [0.15, 0.2) is 5.69 Å². The van der Waals surface area contributed by atoms with Crippen molar-refractivity contribution in [3.63, 3.8) is 0 Å². The summed E-state index contributed by atoms with van der Waals surface area (Å²) in [7, 11) is 0. The fourth-order valence-electron chi connectivity index (χ4n) is 3.32. The highest BCUT2D eigenvalue weighted by Crippen LogP contribution is 2.38. The van der Waals surface area contributed by atoms with Crippen LogP contribution in [0, 0.1) is 12.8 Å². The third kappa shape index (κ3) is 2.93. The number of carbonyl (C=O) groups excluding carboxylic acids is 1. The van der Waals surface area contributed by atoms with Crippen LogP contribution in [0.2, 0.25) is 0 Å². The van der Waals surface area contributed by atoms with Crippen molar-refractivity contribution in [2.45, 2.75) is 38.1 Å². The Balaban J connectivity index is 1.52. The molecule has 3 atom stereocenters. The summed E-state index contributed by atoms with van der Waals surface area (Å²) in [6.45, 7) is 2.19. The van der Waals surface area contributed by atoms with E-state index in [-0.39, 0.29) is 34.6 Å². The molecule has 2 fully saturated rings. The van der Waals surface area contributed by atoms with Crippen LogP contribution in [0.3, 0.4) is 0 Å². The van der Waals surface area contributed by atoms with Gasteiger partial charge in [-0.1, -0.05) is 0 Å². The zero-order chi connectivity index (χ0) is 17.8. The number of amides is 1. The van der Waals surface area contributed by atoms with E-state index in [4.69, 9.17) is 4.74 Å². The first kappa shape index (κ1) is 16.5. The molecular formula is C15H15F3N4O2S. The average Bonchev–Trinajstić information content (AvgIpc) is 3.21. The number of thiazole rings is 1. The summed E-state index contributed by atoms with van der Waals surface area (Å²) >= 11 is 0.951. The molecule has 0 spiro atoms. The summed E-state index contributed by atoms with van der Waals surface area (Å²) in [6.07, 6.45) is -2.64. The van der Waals surface area contributed by atoms with E-state index in [1.807, 2.05) is 0 Å². The topological polar surface area (TPSA) is 69.0 Å². The van der Waals surface area contributed by atoms with Crippen LogP contribution in [0.15, 0.2) is 11.4 Å². The lowest BCUT2D eigenvalue weighted by Crippen LogP contribution is -2.53. The molecule has 0 unspecified atom stereocenters. The highest BCUT2D eigenvalue weighted by Gasteiger charge is 2.46. The van der Waals surface area contributed by atoms with Crippen LogP contribution < -0.4 is 5.32 Å². The zero-order valence-electron chi connectivity index (χ0n) is 13.2. The Bertz CT molecular complexity index is 816. The van der Waals surface area contributed by atoms with Crippen molar-refractivity contribution in [2.75, 3.05) is 6.61 Å². The van der Waals surface area contributed by atoms with Gasteiger partial charge >= 0.3 is 6.18 Å². The van der Waals surface area contributed by atoms with E-state index < -0.39 is 11.9 Å². The number of aryl methyl sites for hydroxylation is 1. The number of hydrogen-bond acceptors (Lipinski definition) is 5. The fourth-order valence-corrected chi connectivity index (χ4v) is 4.09. The van der Waals surface area contributed by atoms with Gasteiger partial charge < -0.3 is 10.1 Å². The van der Waals surface area contributed by atoms with E-state index in [9.17, 15) is 18.0 Å². The number of hydrogen-bond donors (Lipinski definition) is 1. The maximum absolute atomic E-state index is 13.1. The summed E-state index contributed by atoms with van der Waals surface area (Å²) in [4.78, 5) is 16.3. The third-order valence-corrected chi connectivity index (χ3v) is 5.42. The first-order chi connectivity index (χ1) is 11.8. The number of halogens is 3. The Kier molecular flexibility index (Phi) is 3.84. The number of rotatable bonds is 3. The summed E-state index contributed by atoms with van der Waals surface area (Å²) < 4.78 is 45.5. The van der Waals surface area contributed by atoms with Crippen molar-refractivity contribution in [1.29, 1.82) is 0 Å². The normalized spacial score (nSPS) is 25.5. The minimum Gasteiger partial charge on any atom is -0.378 e. The molecule has 25 heavy (non-hydrogen) atoms. The number of alkyl halides is 3. The SMILES string of the molecule is Cc1cc(C(F)(F)F)n(-c2nc(C(=O)N[C@@H]3C[C@@H]4OCC[C@@H]43)cs2)n1. The minimum atomic E-state index is -4.54.